The second-order valence-corrected chi connectivity index (χ2v) is 4.21. The molecule has 1 aromatic carbocycles. The van der Waals surface area contributed by atoms with Gasteiger partial charge in [0.1, 0.15) is 6.61 Å². The molecule has 1 aliphatic heterocycles. The molecule has 1 amide bonds. The molecule has 5 heteroatoms. The number of benzene rings is 1. The molecule has 4 nitrogen and oxygen atoms in total. The van der Waals surface area contributed by atoms with Gasteiger partial charge >= 0.3 is 0 Å². The van der Waals surface area contributed by atoms with E-state index in [2.05, 4.69) is 0 Å². The van der Waals surface area contributed by atoms with E-state index in [4.69, 9.17) is 21.6 Å². The van der Waals surface area contributed by atoms with Gasteiger partial charge in [0, 0.05) is 10.7 Å². The van der Waals surface area contributed by atoms with Crippen LogP contribution in [0.3, 0.4) is 0 Å². The molecule has 0 radical (unpaired) electrons. The van der Waals surface area contributed by atoms with Crippen LogP contribution in [-0.4, -0.2) is 25.2 Å². The molecule has 1 aliphatic rings. The molecule has 17 heavy (non-hydrogen) atoms. The summed E-state index contributed by atoms with van der Waals surface area (Å²) in [5.74, 6) is -0.0958. The van der Waals surface area contributed by atoms with Gasteiger partial charge in [-0.3, -0.25) is 4.79 Å². The lowest BCUT2D eigenvalue weighted by Gasteiger charge is -2.31. The van der Waals surface area contributed by atoms with Crippen LogP contribution in [0.1, 0.15) is 6.42 Å². The molecule has 88 valence electrons. The van der Waals surface area contributed by atoms with Gasteiger partial charge in [-0.1, -0.05) is 11.6 Å². The number of carbonyl (C=O) groups is 1. The van der Waals surface area contributed by atoms with Crippen molar-refractivity contribution < 1.29 is 9.53 Å². The smallest absolute Gasteiger partial charge is 0.253 e. The number of halogens is 1. The minimum Gasteiger partial charge on any atom is -0.365 e. The SMILES string of the molecule is N#CCC1CN(c2ccc(Cl)cc2)C(=O)CO1. The normalized spacial score (nSPS) is 20.1. The van der Waals surface area contributed by atoms with Crippen LogP contribution in [0.15, 0.2) is 24.3 Å². The highest BCUT2D eigenvalue weighted by atomic mass is 35.5. The first kappa shape index (κ1) is 11.9. The molecule has 0 N–H and O–H groups in total. The summed E-state index contributed by atoms with van der Waals surface area (Å²) in [5.41, 5.74) is 0.783. The Kier molecular flexibility index (Phi) is 3.62. The van der Waals surface area contributed by atoms with Crippen molar-refractivity contribution in [1.82, 2.24) is 0 Å². The average Bonchev–Trinajstić information content (AvgIpc) is 2.33. The molecule has 2 rings (SSSR count). The zero-order valence-corrected chi connectivity index (χ0v) is 9.85. The first-order chi connectivity index (χ1) is 8.20. The van der Waals surface area contributed by atoms with E-state index < -0.39 is 0 Å². The number of morpholine rings is 1. The van der Waals surface area contributed by atoms with Crippen LogP contribution < -0.4 is 4.90 Å². The highest BCUT2D eigenvalue weighted by Crippen LogP contribution is 2.21. The fraction of sp³-hybridized carbons (Fsp3) is 0.333. The van der Waals surface area contributed by atoms with Gasteiger partial charge in [-0.2, -0.15) is 5.26 Å². The summed E-state index contributed by atoms with van der Waals surface area (Å²) in [6.45, 7) is 0.434. The molecule has 1 saturated heterocycles. The molecule has 1 heterocycles. The first-order valence-corrected chi connectivity index (χ1v) is 5.63. The van der Waals surface area contributed by atoms with Crippen molar-refractivity contribution in [3.05, 3.63) is 29.3 Å². The Morgan fingerprint density at radius 2 is 2.18 bits per heavy atom. The molecular weight excluding hydrogens is 240 g/mol. The standard InChI is InChI=1S/C12H11ClN2O2/c13-9-1-3-10(4-2-9)15-7-11(5-6-14)17-8-12(15)16/h1-4,11H,5,7-8H2. The van der Waals surface area contributed by atoms with Crippen LogP contribution in [0, 0.1) is 11.3 Å². The predicted octanol–water partition coefficient (Wildman–Crippen LogP) is 1.99. The van der Waals surface area contributed by atoms with Crippen LogP contribution in [-0.2, 0) is 9.53 Å². The Labute approximate surface area is 104 Å². The van der Waals surface area contributed by atoms with E-state index >= 15 is 0 Å². The number of anilines is 1. The number of nitriles is 1. The lowest BCUT2D eigenvalue weighted by Crippen LogP contribution is -2.46. The number of ether oxygens (including phenoxy) is 1. The van der Waals surface area contributed by atoms with Gasteiger partial charge in [-0.25, -0.2) is 0 Å². The summed E-state index contributed by atoms with van der Waals surface area (Å²) >= 11 is 5.79. The summed E-state index contributed by atoms with van der Waals surface area (Å²) in [7, 11) is 0. The van der Waals surface area contributed by atoms with Crippen molar-refractivity contribution in [2.24, 2.45) is 0 Å². The van der Waals surface area contributed by atoms with E-state index in [0.29, 0.717) is 11.6 Å². The summed E-state index contributed by atoms with van der Waals surface area (Å²) in [5, 5.41) is 9.25. The van der Waals surface area contributed by atoms with Gasteiger partial charge < -0.3 is 9.64 Å². The molecule has 1 aromatic rings. The van der Waals surface area contributed by atoms with Gasteiger partial charge in [0.25, 0.3) is 5.91 Å². The Morgan fingerprint density at radius 3 is 2.82 bits per heavy atom. The van der Waals surface area contributed by atoms with E-state index in [1.54, 1.807) is 29.2 Å². The zero-order chi connectivity index (χ0) is 12.3. The summed E-state index contributed by atoms with van der Waals surface area (Å²) < 4.78 is 5.27. The minimum atomic E-state index is -0.214. The van der Waals surface area contributed by atoms with Gasteiger partial charge in [-0.15, -0.1) is 0 Å². The number of hydrogen-bond donors (Lipinski definition) is 0. The van der Waals surface area contributed by atoms with Crippen LogP contribution in [0.4, 0.5) is 5.69 Å². The number of carbonyl (C=O) groups excluding carboxylic acids is 1. The maximum Gasteiger partial charge on any atom is 0.253 e. The Balaban J connectivity index is 2.15. The molecule has 0 saturated carbocycles. The lowest BCUT2D eigenvalue weighted by atomic mass is 10.2. The average molecular weight is 251 g/mol. The van der Waals surface area contributed by atoms with Crippen LogP contribution in [0.25, 0.3) is 0 Å². The van der Waals surface area contributed by atoms with Gasteiger partial charge in [-0.05, 0) is 24.3 Å². The molecule has 0 bridgehead atoms. The maximum absolute atomic E-state index is 11.7. The van der Waals surface area contributed by atoms with Gasteiger partial charge in [0.2, 0.25) is 0 Å². The van der Waals surface area contributed by atoms with E-state index in [9.17, 15) is 4.79 Å². The lowest BCUT2D eigenvalue weighted by molar-refractivity contribution is -0.129. The molecule has 1 fully saturated rings. The fourth-order valence-electron chi connectivity index (χ4n) is 1.72. The predicted molar refractivity (Wildman–Crippen MR) is 63.8 cm³/mol. The Morgan fingerprint density at radius 1 is 1.47 bits per heavy atom. The molecular formula is C12H11ClN2O2. The van der Waals surface area contributed by atoms with Crippen molar-refractivity contribution in [2.75, 3.05) is 18.1 Å². The Hall–Kier alpha value is -1.57. The van der Waals surface area contributed by atoms with Gasteiger partial charge in [0.05, 0.1) is 25.1 Å². The van der Waals surface area contributed by atoms with E-state index in [1.807, 2.05) is 6.07 Å². The number of amides is 1. The number of hydrogen-bond acceptors (Lipinski definition) is 3. The van der Waals surface area contributed by atoms with Crippen LogP contribution >= 0.6 is 11.6 Å². The number of rotatable bonds is 2. The number of nitrogens with zero attached hydrogens (tertiary/aromatic N) is 2. The molecule has 0 spiro atoms. The Bertz CT molecular complexity index is 453. The van der Waals surface area contributed by atoms with Gasteiger partial charge in [0.15, 0.2) is 0 Å². The van der Waals surface area contributed by atoms with Crippen molar-refractivity contribution in [1.29, 1.82) is 5.26 Å². The molecule has 1 unspecified atom stereocenters. The topological polar surface area (TPSA) is 53.3 Å². The summed E-state index contributed by atoms with van der Waals surface area (Å²) in [4.78, 5) is 13.3. The summed E-state index contributed by atoms with van der Waals surface area (Å²) in [6, 6.07) is 9.09. The molecule has 1 atom stereocenters. The van der Waals surface area contributed by atoms with E-state index in [0.717, 1.165) is 5.69 Å². The minimum absolute atomic E-state index is 0.0228. The third-order valence-corrected chi connectivity index (χ3v) is 2.84. The highest BCUT2D eigenvalue weighted by Gasteiger charge is 2.27. The quantitative estimate of drug-likeness (QED) is 0.807. The van der Waals surface area contributed by atoms with E-state index in [1.165, 1.54) is 0 Å². The molecule has 0 aromatic heterocycles. The highest BCUT2D eigenvalue weighted by molar-refractivity contribution is 6.30. The monoisotopic (exact) mass is 250 g/mol. The first-order valence-electron chi connectivity index (χ1n) is 5.25. The van der Waals surface area contributed by atoms with Crippen LogP contribution in [0.2, 0.25) is 5.02 Å². The summed E-state index contributed by atoms with van der Waals surface area (Å²) in [6.07, 6.45) is 0.0746. The third kappa shape index (κ3) is 2.76. The van der Waals surface area contributed by atoms with Crippen molar-refractivity contribution in [2.45, 2.75) is 12.5 Å². The zero-order valence-electron chi connectivity index (χ0n) is 9.10. The fourth-order valence-corrected chi connectivity index (χ4v) is 1.85. The van der Waals surface area contributed by atoms with Crippen molar-refractivity contribution in [3.8, 4) is 6.07 Å². The van der Waals surface area contributed by atoms with E-state index in [-0.39, 0.29) is 25.0 Å². The second kappa shape index (κ2) is 5.17. The van der Waals surface area contributed by atoms with Crippen LogP contribution in [0.5, 0.6) is 0 Å². The second-order valence-electron chi connectivity index (χ2n) is 3.78. The van der Waals surface area contributed by atoms with Crippen molar-refractivity contribution >= 4 is 23.2 Å². The third-order valence-electron chi connectivity index (χ3n) is 2.59. The largest absolute Gasteiger partial charge is 0.365 e. The maximum atomic E-state index is 11.7. The van der Waals surface area contributed by atoms with Crippen molar-refractivity contribution in [3.63, 3.8) is 0 Å². The molecule has 0 aliphatic carbocycles.